The maximum Gasteiger partial charge on any atom is 0.251 e. The fourth-order valence-corrected chi connectivity index (χ4v) is 5.65. The van der Waals surface area contributed by atoms with Crippen molar-refractivity contribution < 1.29 is 0 Å². The Hall–Kier alpha value is 0.797. The molecule has 0 aromatic heterocycles. The van der Waals surface area contributed by atoms with Crippen molar-refractivity contribution in [2.75, 3.05) is 0 Å². The standard InChI is InChI=1S/C16H34Cl2Si/c1-6-15(4)10-12-19(17,18)13-11-16(5)9-7-8-14(2)3/h14-16H,6-13H2,1-5H3/t15-,16+/m1/s1. The van der Waals surface area contributed by atoms with E-state index in [0.717, 1.165) is 29.8 Å². The van der Waals surface area contributed by atoms with Gasteiger partial charge < -0.3 is 0 Å². The molecule has 0 amide bonds. The minimum absolute atomic E-state index is 0.771. The Morgan fingerprint density at radius 1 is 0.789 bits per heavy atom. The van der Waals surface area contributed by atoms with E-state index in [1.807, 2.05) is 0 Å². The average Bonchev–Trinajstić information content (AvgIpc) is 2.33. The van der Waals surface area contributed by atoms with Gasteiger partial charge in [-0.25, -0.2) is 0 Å². The van der Waals surface area contributed by atoms with Gasteiger partial charge in [-0.15, -0.1) is 22.2 Å². The fraction of sp³-hybridized carbons (Fsp3) is 1.00. The summed E-state index contributed by atoms with van der Waals surface area (Å²) in [7, 11) is 0. The van der Waals surface area contributed by atoms with E-state index in [4.69, 9.17) is 22.2 Å². The minimum atomic E-state index is -1.96. The molecule has 0 spiro atoms. The number of hydrogen-bond acceptors (Lipinski definition) is 0. The smallest absolute Gasteiger partial charge is 0.146 e. The topological polar surface area (TPSA) is 0 Å². The maximum atomic E-state index is 6.57. The zero-order valence-corrected chi connectivity index (χ0v) is 16.2. The molecule has 3 heteroatoms. The number of hydrogen-bond donors (Lipinski definition) is 0. The summed E-state index contributed by atoms with van der Waals surface area (Å²) in [5.41, 5.74) is 0. The number of halogens is 2. The second-order valence-corrected chi connectivity index (χ2v) is 14.5. The van der Waals surface area contributed by atoms with E-state index in [2.05, 4.69) is 34.6 Å². The van der Waals surface area contributed by atoms with E-state index in [9.17, 15) is 0 Å². The highest BCUT2D eigenvalue weighted by molar-refractivity contribution is 7.45. The van der Waals surface area contributed by atoms with Crippen LogP contribution in [0.2, 0.25) is 12.1 Å². The Morgan fingerprint density at radius 2 is 1.32 bits per heavy atom. The van der Waals surface area contributed by atoms with Gasteiger partial charge in [-0.2, -0.15) is 0 Å². The van der Waals surface area contributed by atoms with Gasteiger partial charge in [0.25, 0.3) is 6.69 Å². The van der Waals surface area contributed by atoms with Crippen LogP contribution in [0, 0.1) is 17.8 Å². The summed E-state index contributed by atoms with van der Waals surface area (Å²) in [4.78, 5) is 0. The quantitative estimate of drug-likeness (QED) is 0.278. The molecular formula is C16H34Cl2Si. The summed E-state index contributed by atoms with van der Waals surface area (Å²) in [6.07, 6.45) is 7.70. The summed E-state index contributed by atoms with van der Waals surface area (Å²) in [5.74, 6) is 2.39. The van der Waals surface area contributed by atoms with Crippen molar-refractivity contribution in [3.63, 3.8) is 0 Å². The van der Waals surface area contributed by atoms with Crippen LogP contribution >= 0.6 is 22.2 Å². The highest BCUT2D eigenvalue weighted by Gasteiger charge is 2.28. The van der Waals surface area contributed by atoms with Crippen LogP contribution in [-0.4, -0.2) is 6.69 Å². The first-order valence-electron chi connectivity index (χ1n) is 8.14. The molecule has 0 bridgehead atoms. The zero-order valence-electron chi connectivity index (χ0n) is 13.6. The van der Waals surface area contributed by atoms with E-state index in [-0.39, 0.29) is 0 Å². The highest BCUT2D eigenvalue weighted by Crippen LogP contribution is 2.33. The Labute approximate surface area is 132 Å². The lowest BCUT2D eigenvalue weighted by Gasteiger charge is -2.21. The summed E-state index contributed by atoms with van der Waals surface area (Å²) in [6.45, 7) is 9.54. The third-order valence-corrected chi connectivity index (χ3v) is 8.49. The van der Waals surface area contributed by atoms with Gasteiger partial charge in [-0.3, -0.25) is 0 Å². The first-order chi connectivity index (χ1) is 8.76. The molecule has 0 aromatic rings. The molecule has 0 aromatic carbocycles. The lowest BCUT2D eigenvalue weighted by atomic mass is 9.98. The van der Waals surface area contributed by atoms with E-state index in [1.165, 1.54) is 38.5 Å². The molecule has 0 rings (SSSR count). The van der Waals surface area contributed by atoms with E-state index >= 15 is 0 Å². The van der Waals surface area contributed by atoms with Gasteiger partial charge in [0.1, 0.15) is 0 Å². The van der Waals surface area contributed by atoms with Crippen LogP contribution < -0.4 is 0 Å². The first kappa shape index (κ1) is 19.8. The third-order valence-electron chi connectivity index (χ3n) is 4.18. The summed E-state index contributed by atoms with van der Waals surface area (Å²) in [6, 6.07) is 2.15. The molecule has 116 valence electrons. The molecule has 0 aliphatic rings. The minimum Gasteiger partial charge on any atom is -0.146 e. The van der Waals surface area contributed by atoms with Crippen molar-refractivity contribution in [3.05, 3.63) is 0 Å². The Morgan fingerprint density at radius 3 is 1.79 bits per heavy atom. The van der Waals surface area contributed by atoms with Gasteiger partial charge in [0, 0.05) is 0 Å². The molecular weight excluding hydrogens is 291 g/mol. The molecule has 0 aliphatic heterocycles. The largest absolute Gasteiger partial charge is 0.251 e. The lowest BCUT2D eigenvalue weighted by Crippen LogP contribution is -2.20. The highest BCUT2D eigenvalue weighted by atomic mass is 35.7. The molecule has 0 aliphatic carbocycles. The van der Waals surface area contributed by atoms with Crippen LogP contribution in [0.3, 0.4) is 0 Å². The third kappa shape index (κ3) is 12.3. The molecule has 0 radical (unpaired) electrons. The first-order valence-corrected chi connectivity index (χ1v) is 12.6. The van der Waals surface area contributed by atoms with Crippen molar-refractivity contribution in [1.82, 2.24) is 0 Å². The molecule has 0 unspecified atom stereocenters. The Kier molecular flexibility index (Phi) is 11.0. The van der Waals surface area contributed by atoms with Gasteiger partial charge in [0.15, 0.2) is 0 Å². The molecule has 0 saturated heterocycles. The molecule has 0 nitrogen and oxygen atoms in total. The van der Waals surface area contributed by atoms with E-state index in [1.54, 1.807) is 0 Å². The van der Waals surface area contributed by atoms with Gasteiger partial charge in [0.05, 0.1) is 0 Å². The molecule has 0 fully saturated rings. The molecule has 0 saturated carbocycles. The van der Waals surface area contributed by atoms with Crippen LogP contribution in [0.15, 0.2) is 0 Å². The average molecular weight is 325 g/mol. The SMILES string of the molecule is CC[C@@H](C)CC[Si](Cl)(Cl)CC[C@@H](C)CCCC(C)C. The molecule has 19 heavy (non-hydrogen) atoms. The molecule has 2 atom stereocenters. The molecule has 0 N–H and O–H groups in total. The number of rotatable bonds is 11. The second-order valence-electron chi connectivity index (χ2n) is 6.88. The van der Waals surface area contributed by atoms with Gasteiger partial charge >= 0.3 is 0 Å². The summed E-state index contributed by atoms with van der Waals surface area (Å²) in [5, 5.41) is 0. The van der Waals surface area contributed by atoms with E-state index in [0.29, 0.717) is 0 Å². The van der Waals surface area contributed by atoms with Crippen molar-refractivity contribution >= 4 is 28.9 Å². The van der Waals surface area contributed by atoms with Crippen molar-refractivity contribution in [3.8, 4) is 0 Å². The Bertz CT molecular complexity index is 217. The summed E-state index contributed by atoms with van der Waals surface area (Å²) < 4.78 is 0. The van der Waals surface area contributed by atoms with Crippen LogP contribution in [0.5, 0.6) is 0 Å². The van der Waals surface area contributed by atoms with Gasteiger partial charge in [0.2, 0.25) is 0 Å². The van der Waals surface area contributed by atoms with Crippen LogP contribution in [0.1, 0.15) is 73.1 Å². The van der Waals surface area contributed by atoms with Crippen molar-refractivity contribution in [2.24, 2.45) is 17.8 Å². The lowest BCUT2D eigenvalue weighted by molar-refractivity contribution is 0.448. The van der Waals surface area contributed by atoms with Crippen LogP contribution in [0.4, 0.5) is 0 Å². The van der Waals surface area contributed by atoms with Crippen molar-refractivity contribution in [1.29, 1.82) is 0 Å². The zero-order chi connectivity index (χ0) is 14.9. The predicted molar refractivity (Wildman–Crippen MR) is 93.6 cm³/mol. The second kappa shape index (κ2) is 10.5. The monoisotopic (exact) mass is 324 g/mol. The van der Waals surface area contributed by atoms with Gasteiger partial charge in [-0.05, 0) is 29.8 Å². The maximum absolute atomic E-state index is 6.57. The predicted octanol–water partition coefficient (Wildman–Crippen LogP) is 7.19. The Balaban J connectivity index is 3.76. The normalized spacial score (nSPS) is 15.8. The van der Waals surface area contributed by atoms with Gasteiger partial charge in [-0.1, -0.05) is 73.1 Å². The van der Waals surface area contributed by atoms with Crippen molar-refractivity contribution in [2.45, 2.75) is 85.2 Å². The van der Waals surface area contributed by atoms with E-state index < -0.39 is 6.69 Å². The van der Waals surface area contributed by atoms with Crippen LogP contribution in [-0.2, 0) is 0 Å². The van der Waals surface area contributed by atoms with Crippen LogP contribution in [0.25, 0.3) is 0 Å². The summed E-state index contributed by atoms with van der Waals surface area (Å²) >= 11 is 13.1. The molecule has 0 heterocycles. The fourth-order valence-electron chi connectivity index (χ4n) is 2.26.